The number of allylic oxidation sites excluding steroid dienone is 3. The van der Waals surface area contributed by atoms with Gasteiger partial charge in [-0.05, 0) is 44.2 Å². The van der Waals surface area contributed by atoms with Crippen LogP contribution in [0.4, 0.5) is 0 Å². The Kier molecular flexibility index (Phi) is 6.89. The Balaban J connectivity index is 1.62. The third-order valence-electron chi connectivity index (χ3n) is 4.21. The molecule has 1 heterocycles. The van der Waals surface area contributed by atoms with Crippen molar-refractivity contribution in [3.63, 3.8) is 0 Å². The summed E-state index contributed by atoms with van der Waals surface area (Å²) in [4.78, 5) is 13.9. The Bertz CT molecular complexity index is 439. The maximum Gasteiger partial charge on any atom is 0.239 e. The molecule has 1 aliphatic carbocycles. The fourth-order valence-corrected chi connectivity index (χ4v) is 3.01. The second kappa shape index (κ2) is 8.67. The first-order valence-electron chi connectivity index (χ1n) is 8.03. The van der Waals surface area contributed by atoms with Gasteiger partial charge < -0.3 is 21.1 Å². The fourth-order valence-electron chi connectivity index (χ4n) is 2.85. The number of piperidine rings is 1. The lowest BCUT2D eigenvalue weighted by atomic mass is 10.0. The zero-order valence-electron chi connectivity index (χ0n) is 12.9. The van der Waals surface area contributed by atoms with E-state index in [1.807, 2.05) is 12.2 Å². The predicted octanol–water partition coefficient (Wildman–Crippen LogP) is 0.975. The summed E-state index contributed by atoms with van der Waals surface area (Å²) in [6, 6.07) is -0.492. The summed E-state index contributed by atoms with van der Waals surface area (Å²) in [5, 5.41) is 13.8. The van der Waals surface area contributed by atoms with Crippen LogP contribution in [-0.4, -0.2) is 54.2 Å². The Morgan fingerprint density at radius 3 is 3.09 bits per heavy atom. The molecule has 1 saturated heterocycles. The van der Waals surface area contributed by atoms with Gasteiger partial charge in [-0.15, -0.1) is 0 Å². The molecule has 5 nitrogen and oxygen atoms in total. The number of hydrogen-bond acceptors (Lipinski definition) is 4. The van der Waals surface area contributed by atoms with Gasteiger partial charge >= 0.3 is 0 Å². The summed E-state index contributed by atoms with van der Waals surface area (Å²) in [5.74, 6) is 0.402. The van der Waals surface area contributed by atoms with Crippen molar-refractivity contribution in [3.8, 4) is 0 Å². The molecule has 0 radical (unpaired) electrons. The van der Waals surface area contributed by atoms with Crippen LogP contribution in [0, 0.1) is 5.92 Å². The molecule has 0 aromatic heterocycles. The lowest BCUT2D eigenvalue weighted by Gasteiger charge is -2.32. The third kappa shape index (κ3) is 5.39. The normalized spacial score (nSPS) is 26.7. The highest BCUT2D eigenvalue weighted by atomic mass is 35.5. The molecule has 4 N–H and O–H groups in total. The van der Waals surface area contributed by atoms with Crippen LogP contribution in [0.15, 0.2) is 23.3 Å². The minimum absolute atomic E-state index is 0.0483. The molecule has 0 aromatic rings. The number of aliphatic hydroxyl groups is 1. The molecule has 0 spiro atoms. The molecule has 1 aliphatic heterocycles. The zero-order valence-corrected chi connectivity index (χ0v) is 13.6. The second-order valence-electron chi connectivity index (χ2n) is 6.12. The molecule has 2 unspecified atom stereocenters. The lowest BCUT2D eigenvalue weighted by Crippen LogP contribution is -2.50. The largest absolute Gasteiger partial charge is 0.391 e. The number of carbonyl (C=O) groups is 1. The van der Waals surface area contributed by atoms with Crippen molar-refractivity contribution in [3.05, 3.63) is 23.3 Å². The van der Waals surface area contributed by atoms with E-state index in [4.69, 9.17) is 17.3 Å². The first-order valence-corrected chi connectivity index (χ1v) is 8.41. The van der Waals surface area contributed by atoms with Crippen LogP contribution in [0.25, 0.3) is 0 Å². The average Bonchev–Trinajstić information content (AvgIpc) is 2.52. The molecule has 22 heavy (non-hydrogen) atoms. The number of nitrogens with zero attached hydrogens (tertiary/aromatic N) is 1. The van der Waals surface area contributed by atoms with Gasteiger partial charge in [-0.1, -0.05) is 23.8 Å². The topological polar surface area (TPSA) is 78.6 Å². The molecule has 6 heteroatoms. The van der Waals surface area contributed by atoms with Crippen molar-refractivity contribution in [1.29, 1.82) is 0 Å². The van der Waals surface area contributed by atoms with Gasteiger partial charge in [0.05, 0.1) is 12.1 Å². The Morgan fingerprint density at radius 1 is 1.59 bits per heavy atom. The summed E-state index contributed by atoms with van der Waals surface area (Å²) in [7, 11) is 0. The van der Waals surface area contributed by atoms with E-state index >= 15 is 0 Å². The van der Waals surface area contributed by atoms with Crippen molar-refractivity contribution >= 4 is 17.5 Å². The number of aliphatic hydroxyl groups excluding tert-OH is 1. The maximum atomic E-state index is 12.2. The van der Waals surface area contributed by atoms with Gasteiger partial charge in [0.2, 0.25) is 5.91 Å². The first kappa shape index (κ1) is 17.5. The molecule has 2 rings (SSSR count). The second-order valence-corrected chi connectivity index (χ2v) is 6.56. The minimum Gasteiger partial charge on any atom is -0.391 e. The van der Waals surface area contributed by atoms with Crippen molar-refractivity contribution < 1.29 is 9.90 Å². The minimum atomic E-state index is -0.492. The van der Waals surface area contributed by atoms with Gasteiger partial charge in [0, 0.05) is 24.7 Å². The Labute approximate surface area is 137 Å². The quantitative estimate of drug-likeness (QED) is 0.635. The molecule has 0 bridgehead atoms. The highest BCUT2D eigenvalue weighted by molar-refractivity contribution is 6.31. The number of nitrogens with one attached hydrogen (secondary N) is 1. The maximum absolute atomic E-state index is 12.2. The Hall–Kier alpha value is -0.880. The van der Waals surface area contributed by atoms with E-state index in [2.05, 4.69) is 11.4 Å². The van der Waals surface area contributed by atoms with Gasteiger partial charge in [0.15, 0.2) is 0 Å². The van der Waals surface area contributed by atoms with Crippen LogP contribution in [-0.2, 0) is 4.79 Å². The van der Waals surface area contributed by atoms with Crippen LogP contribution in [0.3, 0.4) is 0 Å². The first-order chi connectivity index (χ1) is 10.6. The summed E-state index contributed by atoms with van der Waals surface area (Å²) >= 11 is 5.88. The van der Waals surface area contributed by atoms with Crippen molar-refractivity contribution in [2.45, 2.75) is 37.8 Å². The van der Waals surface area contributed by atoms with Crippen LogP contribution >= 0.6 is 11.6 Å². The van der Waals surface area contributed by atoms with E-state index in [1.54, 1.807) is 4.90 Å². The summed E-state index contributed by atoms with van der Waals surface area (Å²) < 4.78 is 0. The molecule has 0 saturated carbocycles. The van der Waals surface area contributed by atoms with E-state index in [1.165, 1.54) is 0 Å². The predicted molar refractivity (Wildman–Crippen MR) is 88.5 cm³/mol. The number of halogens is 1. The zero-order chi connectivity index (χ0) is 15.9. The number of β-amino-alcohol motifs (C(OH)–C–C–N with tert-alkyl or cyclic N) is 1. The van der Waals surface area contributed by atoms with Crippen molar-refractivity contribution in [2.24, 2.45) is 11.7 Å². The number of nitrogens with two attached hydrogens (primary N) is 1. The van der Waals surface area contributed by atoms with Crippen LogP contribution in [0.5, 0.6) is 0 Å². The van der Waals surface area contributed by atoms with Gasteiger partial charge in [-0.3, -0.25) is 4.79 Å². The molecular weight excluding hydrogens is 302 g/mol. The lowest BCUT2D eigenvalue weighted by molar-refractivity contribution is -0.135. The number of amides is 1. The standard InChI is InChI=1S/C16H26ClN3O2/c17-13-5-3-12(4-6-13)10-19-8-7-15(18)16(22)20-9-1-2-14(21)11-20/h3,5-6,12,14-15,19,21H,1-2,4,7-11,18H2/t12?,14?,15-/m0/s1. The molecule has 1 amide bonds. The van der Waals surface area contributed by atoms with Gasteiger partial charge in [-0.25, -0.2) is 0 Å². The highest BCUT2D eigenvalue weighted by Crippen LogP contribution is 2.17. The fraction of sp³-hybridized carbons (Fsp3) is 0.688. The van der Waals surface area contributed by atoms with Crippen molar-refractivity contribution in [1.82, 2.24) is 10.2 Å². The summed E-state index contributed by atoms with van der Waals surface area (Å²) in [6.45, 7) is 2.70. The van der Waals surface area contributed by atoms with E-state index in [0.29, 0.717) is 32.0 Å². The third-order valence-corrected chi connectivity index (χ3v) is 4.49. The number of likely N-dealkylation sites (tertiary alicyclic amines) is 1. The number of rotatable bonds is 6. The summed E-state index contributed by atoms with van der Waals surface area (Å²) in [5.41, 5.74) is 5.98. The van der Waals surface area contributed by atoms with Gasteiger partial charge in [0.1, 0.15) is 0 Å². The molecular formula is C16H26ClN3O2. The summed E-state index contributed by atoms with van der Waals surface area (Å²) in [6.07, 6.45) is 8.82. The van der Waals surface area contributed by atoms with Crippen molar-refractivity contribution in [2.75, 3.05) is 26.2 Å². The average molecular weight is 328 g/mol. The molecule has 124 valence electrons. The SMILES string of the molecule is N[C@@H](CCNCC1C=CC(Cl)=CC1)C(=O)N1CCCC(O)C1. The number of carbonyl (C=O) groups excluding carboxylic acids is 1. The van der Waals surface area contributed by atoms with Crippen LogP contribution in [0.2, 0.25) is 0 Å². The van der Waals surface area contributed by atoms with Crippen LogP contribution < -0.4 is 11.1 Å². The number of hydrogen-bond donors (Lipinski definition) is 3. The van der Waals surface area contributed by atoms with E-state index in [0.717, 1.165) is 30.8 Å². The molecule has 3 atom stereocenters. The molecule has 2 aliphatic rings. The van der Waals surface area contributed by atoms with Gasteiger partial charge in [-0.2, -0.15) is 0 Å². The highest BCUT2D eigenvalue weighted by Gasteiger charge is 2.25. The van der Waals surface area contributed by atoms with Gasteiger partial charge in [0.25, 0.3) is 0 Å². The monoisotopic (exact) mass is 327 g/mol. The smallest absolute Gasteiger partial charge is 0.239 e. The molecule has 1 fully saturated rings. The van der Waals surface area contributed by atoms with Crippen LogP contribution in [0.1, 0.15) is 25.7 Å². The van der Waals surface area contributed by atoms with E-state index < -0.39 is 12.1 Å². The van der Waals surface area contributed by atoms with E-state index in [9.17, 15) is 9.90 Å². The Morgan fingerprint density at radius 2 is 2.41 bits per heavy atom. The molecule has 0 aromatic carbocycles. The van der Waals surface area contributed by atoms with E-state index in [-0.39, 0.29) is 5.91 Å².